The Bertz CT molecular complexity index is 596. The van der Waals surface area contributed by atoms with Crippen LogP contribution < -0.4 is 10.6 Å². The number of piperidine rings is 1. The molecular weight excluding hydrogens is 314 g/mol. The molecule has 0 unspecified atom stereocenters. The number of amides is 3. The Morgan fingerprint density at radius 1 is 1.12 bits per heavy atom. The fourth-order valence-corrected chi connectivity index (χ4v) is 3.80. The van der Waals surface area contributed by atoms with E-state index in [0.717, 1.165) is 37.2 Å². The van der Waals surface area contributed by atoms with Gasteiger partial charge in [0.1, 0.15) is 0 Å². The Labute approximate surface area is 150 Å². The third-order valence-corrected chi connectivity index (χ3v) is 5.26. The van der Waals surface area contributed by atoms with Gasteiger partial charge in [-0.25, -0.2) is 4.79 Å². The van der Waals surface area contributed by atoms with Gasteiger partial charge in [-0.15, -0.1) is 0 Å². The highest BCUT2D eigenvalue weighted by Gasteiger charge is 2.18. The van der Waals surface area contributed by atoms with Crippen LogP contribution in [0.5, 0.6) is 0 Å². The summed E-state index contributed by atoms with van der Waals surface area (Å²) in [4.78, 5) is 26.0. The molecule has 2 aliphatic rings. The lowest BCUT2D eigenvalue weighted by Crippen LogP contribution is -2.35. The molecule has 25 heavy (non-hydrogen) atoms. The van der Waals surface area contributed by atoms with Crippen LogP contribution >= 0.6 is 0 Å². The molecule has 3 amide bonds. The van der Waals surface area contributed by atoms with Crippen LogP contribution in [0.15, 0.2) is 24.3 Å². The number of hydrogen-bond donors (Lipinski definition) is 2. The average molecular weight is 343 g/mol. The van der Waals surface area contributed by atoms with E-state index in [9.17, 15) is 9.59 Å². The largest absolute Gasteiger partial charge is 0.338 e. The molecule has 1 aromatic carbocycles. The van der Waals surface area contributed by atoms with E-state index in [4.69, 9.17) is 0 Å². The summed E-state index contributed by atoms with van der Waals surface area (Å²) in [6.07, 6.45) is 9.07. The summed E-state index contributed by atoms with van der Waals surface area (Å²) in [5.74, 6) is 0.853. The molecule has 1 aliphatic heterocycles. The Balaban J connectivity index is 1.48. The van der Waals surface area contributed by atoms with E-state index >= 15 is 0 Å². The first-order chi connectivity index (χ1) is 12.2. The summed E-state index contributed by atoms with van der Waals surface area (Å²) in [5.41, 5.74) is 1.84. The van der Waals surface area contributed by atoms with Gasteiger partial charge in [0.15, 0.2) is 0 Å². The van der Waals surface area contributed by atoms with E-state index in [1.807, 2.05) is 29.2 Å². The van der Waals surface area contributed by atoms with Crippen molar-refractivity contribution in [2.75, 3.05) is 18.4 Å². The molecule has 1 saturated heterocycles. The molecule has 0 spiro atoms. The van der Waals surface area contributed by atoms with Gasteiger partial charge >= 0.3 is 6.03 Å². The van der Waals surface area contributed by atoms with Crippen molar-refractivity contribution in [1.82, 2.24) is 10.2 Å². The number of rotatable bonds is 5. The van der Waals surface area contributed by atoms with Crippen molar-refractivity contribution in [2.24, 2.45) is 5.92 Å². The van der Waals surface area contributed by atoms with E-state index in [-0.39, 0.29) is 11.9 Å². The number of nitrogens with zero attached hydrogens (tertiary/aromatic N) is 1. The third-order valence-electron chi connectivity index (χ3n) is 5.26. The highest BCUT2D eigenvalue weighted by atomic mass is 16.2. The van der Waals surface area contributed by atoms with E-state index in [0.29, 0.717) is 18.9 Å². The van der Waals surface area contributed by atoms with Crippen LogP contribution in [0.4, 0.5) is 10.5 Å². The number of urea groups is 1. The molecule has 3 rings (SSSR count). The number of carbonyl (C=O) groups excluding carboxylic acids is 2. The lowest BCUT2D eigenvalue weighted by molar-refractivity contribution is -0.133. The second-order valence-corrected chi connectivity index (χ2v) is 7.31. The maximum atomic E-state index is 12.1. The summed E-state index contributed by atoms with van der Waals surface area (Å²) in [7, 11) is 0. The second-order valence-electron chi connectivity index (χ2n) is 7.31. The predicted molar refractivity (Wildman–Crippen MR) is 99.3 cm³/mol. The number of anilines is 1. The van der Waals surface area contributed by atoms with Crippen molar-refractivity contribution < 1.29 is 9.59 Å². The molecule has 0 radical (unpaired) electrons. The zero-order chi connectivity index (χ0) is 17.5. The monoisotopic (exact) mass is 343 g/mol. The minimum absolute atomic E-state index is 0.142. The summed E-state index contributed by atoms with van der Waals surface area (Å²) in [6.45, 7) is 2.21. The van der Waals surface area contributed by atoms with Crippen molar-refractivity contribution in [2.45, 2.75) is 57.9 Å². The Hall–Kier alpha value is -2.04. The minimum atomic E-state index is -0.142. The first-order valence-corrected chi connectivity index (χ1v) is 9.62. The normalized spacial score (nSPS) is 18.9. The number of hydrogen-bond acceptors (Lipinski definition) is 2. The molecule has 2 fully saturated rings. The lowest BCUT2D eigenvalue weighted by atomic mass is 9.89. The number of carbonyl (C=O) groups is 2. The molecule has 2 N–H and O–H groups in total. The zero-order valence-corrected chi connectivity index (χ0v) is 14.9. The van der Waals surface area contributed by atoms with Crippen molar-refractivity contribution in [3.8, 4) is 0 Å². The first kappa shape index (κ1) is 17.8. The summed E-state index contributed by atoms with van der Waals surface area (Å²) in [5, 5.41) is 5.91. The fourth-order valence-electron chi connectivity index (χ4n) is 3.80. The highest BCUT2D eigenvalue weighted by molar-refractivity contribution is 5.89. The van der Waals surface area contributed by atoms with Crippen molar-refractivity contribution >= 4 is 17.6 Å². The smallest absolute Gasteiger partial charge is 0.319 e. The van der Waals surface area contributed by atoms with Crippen LogP contribution in [0.25, 0.3) is 0 Å². The number of likely N-dealkylation sites (tertiary alicyclic amines) is 1. The van der Waals surface area contributed by atoms with E-state index < -0.39 is 0 Å². The predicted octanol–water partition coefficient (Wildman–Crippen LogP) is 3.90. The van der Waals surface area contributed by atoms with Crippen LogP contribution in [-0.4, -0.2) is 29.9 Å². The van der Waals surface area contributed by atoms with Crippen LogP contribution in [0.2, 0.25) is 0 Å². The Morgan fingerprint density at radius 2 is 1.96 bits per heavy atom. The molecule has 5 heteroatoms. The van der Waals surface area contributed by atoms with Gasteiger partial charge in [0.25, 0.3) is 0 Å². The van der Waals surface area contributed by atoms with Crippen LogP contribution in [-0.2, 0) is 11.3 Å². The highest BCUT2D eigenvalue weighted by Crippen LogP contribution is 2.23. The van der Waals surface area contributed by atoms with Gasteiger partial charge in [-0.2, -0.15) is 0 Å². The van der Waals surface area contributed by atoms with Gasteiger partial charge < -0.3 is 15.5 Å². The minimum Gasteiger partial charge on any atom is -0.338 e. The fraction of sp³-hybridized carbons (Fsp3) is 0.600. The average Bonchev–Trinajstić information content (AvgIpc) is 2.63. The van der Waals surface area contributed by atoms with Crippen LogP contribution in [0, 0.1) is 5.92 Å². The molecule has 1 heterocycles. The molecule has 1 aliphatic carbocycles. The molecule has 1 saturated carbocycles. The molecular formula is C20H29N3O2. The summed E-state index contributed by atoms with van der Waals surface area (Å²) < 4.78 is 0. The van der Waals surface area contributed by atoms with Crippen molar-refractivity contribution in [3.63, 3.8) is 0 Å². The number of benzene rings is 1. The second kappa shape index (κ2) is 8.88. The standard InChI is InChI=1S/C20H29N3O2/c24-19-11-4-5-12-23(19)15-17-9-6-10-18(13-17)22-20(25)21-14-16-7-2-1-3-8-16/h6,9-10,13,16H,1-5,7-8,11-12,14-15H2,(H2,21,22,25). The van der Waals surface area contributed by atoms with Crippen LogP contribution in [0.3, 0.4) is 0 Å². The third kappa shape index (κ3) is 5.48. The maximum absolute atomic E-state index is 12.1. The molecule has 136 valence electrons. The molecule has 1 aromatic rings. The molecule has 0 aromatic heterocycles. The van der Waals surface area contributed by atoms with Crippen molar-refractivity contribution in [1.29, 1.82) is 0 Å². The molecule has 5 nitrogen and oxygen atoms in total. The summed E-state index contributed by atoms with van der Waals surface area (Å²) >= 11 is 0. The SMILES string of the molecule is O=C(NCC1CCCCC1)Nc1cccc(CN2CCCCC2=O)c1. The van der Waals surface area contributed by atoms with Gasteiger partial charge in [0, 0.05) is 31.7 Å². The van der Waals surface area contributed by atoms with E-state index in [1.165, 1.54) is 32.1 Å². The van der Waals surface area contributed by atoms with Gasteiger partial charge in [-0.05, 0) is 49.3 Å². The molecule has 0 bridgehead atoms. The van der Waals surface area contributed by atoms with Crippen molar-refractivity contribution in [3.05, 3.63) is 29.8 Å². The molecule has 0 atom stereocenters. The number of nitrogens with one attached hydrogen (secondary N) is 2. The van der Waals surface area contributed by atoms with Crippen LogP contribution in [0.1, 0.15) is 56.9 Å². The van der Waals surface area contributed by atoms with E-state index in [2.05, 4.69) is 10.6 Å². The van der Waals surface area contributed by atoms with Gasteiger partial charge in [-0.3, -0.25) is 4.79 Å². The Kier molecular flexibility index (Phi) is 6.31. The van der Waals surface area contributed by atoms with E-state index in [1.54, 1.807) is 0 Å². The zero-order valence-electron chi connectivity index (χ0n) is 14.9. The Morgan fingerprint density at radius 3 is 2.76 bits per heavy atom. The summed E-state index contributed by atoms with van der Waals surface area (Å²) in [6, 6.07) is 7.65. The van der Waals surface area contributed by atoms with Gasteiger partial charge in [0.2, 0.25) is 5.91 Å². The first-order valence-electron chi connectivity index (χ1n) is 9.62. The van der Waals surface area contributed by atoms with Gasteiger partial charge in [0.05, 0.1) is 0 Å². The van der Waals surface area contributed by atoms with Gasteiger partial charge in [-0.1, -0.05) is 31.4 Å². The topological polar surface area (TPSA) is 61.4 Å². The maximum Gasteiger partial charge on any atom is 0.319 e. The quantitative estimate of drug-likeness (QED) is 0.852. The lowest BCUT2D eigenvalue weighted by Gasteiger charge is -2.27.